The van der Waals surface area contributed by atoms with Crippen LogP contribution in [0, 0.1) is 0 Å². The lowest BCUT2D eigenvalue weighted by Gasteiger charge is -2.19. The van der Waals surface area contributed by atoms with Crippen molar-refractivity contribution >= 4 is 17.5 Å². The van der Waals surface area contributed by atoms with Crippen LogP contribution < -0.4 is 10.2 Å². The van der Waals surface area contributed by atoms with Crippen LogP contribution in [0.2, 0.25) is 0 Å². The molecule has 1 atom stereocenters. The average Bonchev–Trinajstić information content (AvgIpc) is 3.26. The van der Waals surface area contributed by atoms with E-state index in [2.05, 4.69) is 15.3 Å². The number of carbonyl (C=O) groups is 1. The number of halogens is 4. The number of anilines is 2. The van der Waals surface area contributed by atoms with E-state index in [1.54, 1.807) is 23.1 Å². The molecule has 0 bridgehead atoms. The highest BCUT2D eigenvalue weighted by Crippen LogP contribution is 2.36. The molecular weight excluding hydrogens is 440 g/mol. The van der Waals surface area contributed by atoms with Crippen LogP contribution in [0.5, 0.6) is 0 Å². The van der Waals surface area contributed by atoms with E-state index in [9.17, 15) is 18.0 Å². The summed E-state index contributed by atoms with van der Waals surface area (Å²) in [5.41, 5.74) is 0.781. The van der Waals surface area contributed by atoms with Gasteiger partial charge in [-0.15, -0.1) is 0 Å². The fraction of sp³-hybridized carbons (Fsp3) is 0.261. The third-order valence-electron chi connectivity index (χ3n) is 5.34. The predicted molar refractivity (Wildman–Crippen MR) is 113 cm³/mol. The minimum atomic E-state index is -4.58. The third-order valence-corrected chi connectivity index (χ3v) is 5.34. The summed E-state index contributed by atoms with van der Waals surface area (Å²) in [5, 5.41) is 11.6. The van der Waals surface area contributed by atoms with Crippen LogP contribution in [0.4, 0.5) is 29.2 Å². The lowest BCUT2D eigenvalue weighted by atomic mass is 10.0. The Morgan fingerprint density at radius 3 is 2.73 bits per heavy atom. The van der Waals surface area contributed by atoms with Gasteiger partial charge < -0.3 is 15.3 Å². The second-order valence-corrected chi connectivity index (χ2v) is 7.45. The number of carbonyl (C=O) groups excluding carboxylic acids is 1. The molecule has 1 unspecified atom stereocenters. The van der Waals surface area contributed by atoms with E-state index >= 15 is 4.39 Å². The van der Waals surface area contributed by atoms with Gasteiger partial charge in [0.1, 0.15) is 0 Å². The first kappa shape index (κ1) is 22.7. The average molecular weight is 460 g/mol. The molecule has 0 saturated carbocycles. The molecule has 0 fully saturated rings. The van der Waals surface area contributed by atoms with Crippen LogP contribution in [0.25, 0.3) is 0 Å². The van der Waals surface area contributed by atoms with Crippen LogP contribution in [0.3, 0.4) is 0 Å². The highest BCUT2D eigenvalue weighted by molar-refractivity contribution is 5.98. The molecule has 172 valence electrons. The highest BCUT2D eigenvalue weighted by atomic mass is 19.4. The normalized spacial score (nSPS) is 14.2. The number of benzene rings is 2. The fourth-order valence-corrected chi connectivity index (χ4v) is 3.80. The van der Waals surface area contributed by atoms with Gasteiger partial charge in [-0.3, -0.25) is 4.79 Å². The predicted octanol–water partition coefficient (Wildman–Crippen LogP) is 3.97. The molecular formula is C23H20F4N4O2. The molecule has 2 aromatic carbocycles. The monoisotopic (exact) mass is 460 g/mol. The minimum absolute atomic E-state index is 0.0652. The van der Waals surface area contributed by atoms with E-state index in [4.69, 9.17) is 5.11 Å². The molecule has 2 N–H and O–H groups in total. The molecule has 0 aliphatic carbocycles. The summed E-state index contributed by atoms with van der Waals surface area (Å²) in [7, 11) is 0. The number of amides is 1. The van der Waals surface area contributed by atoms with E-state index in [-0.39, 0.29) is 36.3 Å². The van der Waals surface area contributed by atoms with Crippen molar-refractivity contribution in [2.45, 2.75) is 18.8 Å². The van der Waals surface area contributed by atoms with Crippen molar-refractivity contribution in [1.29, 1.82) is 0 Å². The molecule has 1 aromatic heterocycles. The number of hydrogen-bond acceptors (Lipinski definition) is 5. The Balaban J connectivity index is 1.62. The zero-order chi connectivity index (χ0) is 23.6. The van der Waals surface area contributed by atoms with Gasteiger partial charge in [0.25, 0.3) is 5.91 Å². The number of aromatic nitrogens is 2. The van der Waals surface area contributed by atoms with Crippen LogP contribution >= 0.6 is 0 Å². The van der Waals surface area contributed by atoms with Crippen LogP contribution in [0.15, 0.2) is 54.7 Å². The Hall–Kier alpha value is -3.53. The van der Waals surface area contributed by atoms with Gasteiger partial charge in [0, 0.05) is 30.5 Å². The minimum Gasteiger partial charge on any atom is -0.395 e. The Labute approximate surface area is 186 Å². The molecule has 10 heteroatoms. The zero-order valence-electron chi connectivity index (χ0n) is 17.3. The van der Waals surface area contributed by atoms with Gasteiger partial charge in [-0.25, -0.2) is 14.4 Å². The topological polar surface area (TPSA) is 78.4 Å². The third kappa shape index (κ3) is 4.65. The maximum Gasteiger partial charge on any atom is 0.416 e. The van der Waals surface area contributed by atoms with Gasteiger partial charge in [-0.05, 0) is 47.9 Å². The summed E-state index contributed by atoms with van der Waals surface area (Å²) in [6.45, 7) is 0.401. The van der Waals surface area contributed by atoms with Gasteiger partial charge in [0.2, 0.25) is 5.95 Å². The van der Waals surface area contributed by atoms with Crippen molar-refractivity contribution in [1.82, 2.24) is 15.3 Å². The molecule has 33 heavy (non-hydrogen) atoms. The Morgan fingerprint density at radius 2 is 1.97 bits per heavy atom. The van der Waals surface area contributed by atoms with Crippen molar-refractivity contribution in [3.05, 3.63) is 82.7 Å². The number of nitrogens with one attached hydrogen (secondary N) is 1. The van der Waals surface area contributed by atoms with Crippen LogP contribution in [-0.4, -0.2) is 40.7 Å². The summed E-state index contributed by atoms with van der Waals surface area (Å²) in [5.74, 6) is -0.125. The van der Waals surface area contributed by atoms with E-state index in [1.165, 1.54) is 18.3 Å². The van der Waals surface area contributed by atoms with Crippen molar-refractivity contribution in [2.24, 2.45) is 0 Å². The largest absolute Gasteiger partial charge is 0.416 e. The quantitative estimate of drug-likeness (QED) is 0.545. The number of rotatable bonds is 6. The summed E-state index contributed by atoms with van der Waals surface area (Å²) < 4.78 is 54.2. The van der Waals surface area contributed by atoms with Crippen molar-refractivity contribution < 1.29 is 27.5 Å². The summed E-state index contributed by atoms with van der Waals surface area (Å²) in [6, 6.07) is 10.6. The molecule has 1 aliphatic heterocycles. The van der Waals surface area contributed by atoms with E-state index in [0.717, 1.165) is 23.8 Å². The summed E-state index contributed by atoms with van der Waals surface area (Å²) in [4.78, 5) is 22.6. The number of aliphatic hydroxyl groups excluding tert-OH is 1. The maximum atomic E-state index is 15.1. The molecule has 1 amide bonds. The first-order chi connectivity index (χ1) is 15.8. The van der Waals surface area contributed by atoms with E-state index < -0.39 is 17.9 Å². The van der Waals surface area contributed by atoms with Crippen molar-refractivity contribution in [3.8, 4) is 0 Å². The maximum absolute atomic E-state index is 15.1. The molecule has 2 heterocycles. The fourth-order valence-electron chi connectivity index (χ4n) is 3.80. The van der Waals surface area contributed by atoms with Gasteiger partial charge in [0.15, 0.2) is 6.17 Å². The highest BCUT2D eigenvalue weighted by Gasteiger charge is 2.32. The molecule has 0 saturated heterocycles. The van der Waals surface area contributed by atoms with Crippen molar-refractivity contribution in [2.75, 3.05) is 24.6 Å². The van der Waals surface area contributed by atoms with E-state index in [0.29, 0.717) is 24.2 Å². The van der Waals surface area contributed by atoms with Crippen LogP contribution in [0.1, 0.15) is 38.9 Å². The number of aliphatic hydroxyl groups is 1. The Morgan fingerprint density at radius 1 is 1.18 bits per heavy atom. The summed E-state index contributed by atoms with van der Waals surface area (Å²) >= 11 is 0. The number of fused-ring (bicyclic) bond motifs is 1. The Bertz CT molecular complexity index is 1170. The number of alkyl halides is 4. The molecule has 4 rings (SSSR count). The smallest absolute Gasteiger partial charge is 0.395 e. The molecule has 0 radical (unpaired) electrons. The van der Waals surface area contributed by atoms with Gasteiger partial charge >= 0.3 is 6.18 Å². The van der Waals surface area contributed by atoms with Crippen LogP contribution in [-0.2, 0) is 12.6 Å². The zero-order valence-corrected chi connectivity index (χ0v) is 17.3. The lowest BCUT2D eigenvalue weighted by molar-refractivity contribution is -0.137. The Kier molecular flexibility index (Phi) is 6.28. The second-order valence-electron chi connectivity index (χ2n) is 7.45. The first-order valence-corrected chi connectivity index (χ1v) is 10.2. The number of nitrogens with zero attached hydrogens (tertiary/aromatic N) is 3. The van der Waals surface area contributed by atoms with Crippen molar-refractivity contribution in [3.63, 3.8) is 0 Å². The van der Waals surface area contributed by atoms with Gasteiger partial charge in [-0.1, -0.05) is 18.2 Å². The summed E-state index contributed by atoms with van der Waals surface area (Å²) in [6.07, 6.45) is -4.56. The first-order valence-electron chi connectivity index (χ1n) is 10.2. The van der Waals surface area contributed by atoms with Gasteiger partial charge in [0.05, 0.1) is 17.9 Å². The second kappa shape index (κ2) is 9.14. The van der Waals surface area contributed by atoms with Gasteiger partial charge in [-0.2, -0.15) is 13.2 Å². The van der Waals surface area contributed by atoms with E-state index in [1.807, 2.05) is 0 Å². The molecule has 3 aromatic rings. The standard InChI is InChI=1S/C23H20F4N4O2/c24-20(14-3-1-4-15(13-14)23(25,26)27)18-7-9-29-22(30-18)31-11-8-16-17(5-2-6-19(16)31)21(33)28-10-12-32/h1-7,9,13,20,32H,8,10-12H2,(H,28,33). The SMILES string of the molecule is O=C(NCCO)c1cccc2c1CCN2c1nccc(C(F)c2cccc(C(F)(F)F)c2)n1. The molecule has 0 spiro atoms. The molecule has 6 nitrogen and oxygen atoms in total. The molecule has 1 aliphatic rings. The lowest BCUT2D eigenvalue weighted by Crippen LogP contribution is -2.27. The number of hydrogen-bond donors (Lipinski definition) is 2.